The van der Waals surface area contributed by atoms with Gasteiger partial charge in [0.2, 0.25) is 0 Å². The van der Waals surface area contributed by atoms with E-state index in [1.165, 1.54) is 31.2 Å². The summed E-state index contributed by atoms with van der Waals surface area (Å²) in [5.74, 6) is 0.907. The molecule has 3 saturated heterocycles. The molecule has 3 aliphatic heterocycles. The first-order valence-electron chi connectivity index (χ1n) is 10.4. The maximum Gasteiger partial charge on any atom is 0.191 e. The molecule has 3 heterocycles. The van der Waals surface area contributed by atoms with Crippen molar-refractivity contribution in [2.45, 2.75) is 63.3 Å². The number of rotatable bonds is 6. The minimum absolute atomic E-state index is 0. The molecule has 7 heteroatoms. The summed E-state index contributed by atoms with van der Waals surface area (Å²) in [5.41, 5.74) is 1.26. The Balaban J connectivity index is 0.00000225. The van der Waals surface area contributed by atoms with Crippen molar-refractivity contribution in [2.24, 2.45) is 4.99 Å². The summed E-state index contributed by atoms with van der Waals surface area (Å²) in [7, 11) is 0. The van der Waals surface area contributed by atoms with E-state index >= 15 is 0 Å². The third-order valence-corrected chi connectivity index (χ3v) is 6.24. The number of ether oxygens (including phenoxy) is 1. The first-order chi connectivity index (χ1) is 13.2. The van der Waals surface area contributed by atoms with Crippen LogP contribution in [0.2, 0.25) is 5.02 Å². The summed E-state index contributed by atoms with van der Waals surface area (Å²) >= 11 is 6.26. The molecule has 1 aromatic carbocycles. The van der Waals surface area contributed by atoms with Crippen LogP contribution in [-0.2, 0) is 4.74 Å². The first kappa shape index (κ1) is 22.1. The molecule has 0 spiro atoms. The standard InChI is InChI=1S/C21H31ClN4O.HI/c1-2-23-21(25-18-13-17-8-9-20(18)27-17)24-14-19(26-10-3-4-11-26)15-6-5-7-16(22)12-15;/h5-7,12,17-20H,2-4,8-11,13-14H2,1H3,(H2,23,24,25);1H. The van der Waals surface area contributed by atoms with Crippen molar-refractivity contribution in [3.05, 3.63) is 34.9 Å². The zero-order chi connectivity index (χ0) is 18.6. The molecule has 0 aliphatic carbocycles. The van der Waals surface area contributed by atoms with Crippen molar-refractivity contribution >= 4 is 41.5 Å². The molecule has 3 fully saturated rings. The molecular formula is C21H32ClIN4O. The summed E-state index contributed by atoms with van der Waals surface area (Å²) in [5, 5.41) is 7.84. The second-order valence-electron chi connectivity index (χ2n) is 7.89. The smallest absolute Gasteiger partial charge is 0.191 e. The number of hydrogen-bond acceptors (Lipinski definition) is 3. The molecule has 4 atom stereocenters. The predicted molar refractivity (Wildman–Crippen MR) is 126 cm³/mol. The maximum absolute atomic E-state index is 6.26. The Morgan fingerprint density at radius 3 is 2.79 bits per heavy atom. The lowest BCUT2D eigenvalue weighted by molar-refractivity contribution is 0.0992. The van der Waals surface area contributed by atoms with E-state index in [4.69, 9.17) is 21.3 Å². The quantitative estimate of drug-likeness (QED) is 0.340. The van der Waals surface area contributed by atoms with E-state index in [9.17, 15) is 0 Å². The van der Waals surface area contributed by atoms with Gasteiger partial charge in [-0.15, -0.1) is 24.0 Å². The number of guanidine groups is 1. The van der Waals surface area contributed by atoms with E-state index in [0.717, 1.165) is 43.6 Å². The van der Waals surface area contributed by atoms with Crippen LogP contribution in [0.1, 0.15) is 50.6 Å². The molecule has 28 heavy (non-hydrogen) atoms. The van der Waals surface area contributed by atoms with Crippen LogP contribution >= 0.6 is 35.6 Å². The fourth-order valence-corrected chi connectivity index (χ4v) is 4.86. The van der Waals surface area contributed by atoms with Gasteiger partial charge >= 0.3 is 0 Å². The van der Waals surface area contributed by atoms with Crippen molar-refractivity contribution in [1.29, 1.82) is 0 Å². The highest BCUT2D eigenvalue weighted by molar-refractivity contribution is 14.0. The Hall–Kier alpha value is -0.570. The molecule has 4 rings (SSSR count). The van der Waals surface area contributed by atoms with Crippen LogP contribution < -0.4 is 10.6 Å². The molecule has 1 aromatic rings. The highest BCUT2D eigenvalue weighted by atomic mass is 127. The van der Waals surface area contributed by atoms with Crippen LogP contribution in [0.3, 0.4) is 0 Å². The van der Waals surface area contributed by atoms with E-state index in [2.05, 4.69) is 34.6 Å². The minimum Gasteiger partial charge on any atom is -0.373 e. The zero-order valence-electron chi connectivity index (χ0n) is 16.6. The van der Waals surface area contributed by atoms with Gasteiger partial charge < -0.3 is 15.4 Å². The molecule has 5 nitrogen and oxygen atoms in total. The predicted octanol–water partition coefficient (Wildman–Crippen LogP) is 3.97. The molecule has 0 saturated carbocycles. The van der Waals surface area contributed by atoms with Crippen molar-refractivity contribution in [2.75, 3.05) is 26.2 Å². The van der Waals surface area contributed by atoms with Gasteiger partial charge in [0.05, 0.1) is 30.8 Å². The summed E-state index contributed by atoms with van der Waals surface area (Å²) in [4.78, 5) is 7.51. The van der Waals surface area contributed by atoms with Crippen LogP contribution in [0.5, 0.6) is 0 Å². The molecule has 0 radical (unpaired) electrons. The van der Waals surface area contributed by atoms with Gasteiger partial charge in [-0.1, -0.05) is 23.7 Å². The number of benzene rings is 1. The molecule has 2 bridgehead atoms. The number of likely N-dealkylation sites (tertiary alicyclic amines) is 1. The molecule has 156 valence electrons. The SMILES string of the molecule is CCNC(=NCC(c1cccc(Cl)c1)N1CCCC1)NC1CC2CCC1O2.I. The molecule has 2 N–H and O–H groups in total. The number of halogens is 2. The van der Waals surface area contributed by atoms with Crippen LogP contribution in [0.15, 0.2) is 29.3 Å². The second kappa shape index (κ2) is 10.5. The maximum atomic E-state index is 6.26. The van der Waals surface area contributed by atoms with Crippen LogP contribution in [0, 0.1) is 0 Å². The number of nitrogens with zero attached hydrogens (tertiary/aromatic N) is 2. The average molecular weight is 519 g/mol. The Morgan fingerprint density at radius 1 is 1.32 bits per heavy atom. The number of hydrogen-bond donors (Lipinski definition) is 2. The number of fused-ring (bicyclic) bond motifs is 2. The number of aliphatic imine (C=N–C) groups is 1. The largest absolute Gasteiger partial charge is 0.373 e. The highest BCUT2D eigenvalue weighted by Gasteiger charge is 2.41. The fourth-order valence-electron chi connectivity index (χ4n) is 4.66. The van der Waals surface area contributed by atoms with Gasteiger partial charge in [0, 0.05) is 11.6 Å². The van der Waals surface area contributed by atoms with Gasteiger partial charge in [-0.3, -0.25) is 9.89 Å². The van der Waals surface area contributed by atoms with Crippen LogP contribution in [-0.4, -0.2) is 55.3 Å². The van der Waals surface area contributed by atoms with Gasteiger partial charge in [0.25, 0.3) is 0 Å². The molecule has 3 aliphatic rings. The average Bonchev–Trinajstić information content (AvgIpc) is 3.40. The Kier molecular flexibility index (Phi) is 8.26. The highest BCUT2D eigenvalue weighted by Crippen LogP contribution is 2.34. The summed E-state index contributed by atoms with van der Waals surface area (Å²) in [6.07, 6.45) is 6.80. The van der Waals surface area contributed by atoms with Crippen LogP contribution in [0.25, 0.3) is 0 Å². The minimum atomic E-state index is 0. The third-order valence-electron chi connectivity index (χ3n) is 6.01. The molecular weight excluding hydrogens is 487 g/mol. The molecule has 0 amide bonds. The van der Waals surface area contributed by atoms with Gasteiger partial charge in [0.15, 0.2) is 5.96 Å². The summed E-state index contributed by atoms with van der Waals surface area (Å²) in [6, 6.07) is 8.91. The van der Waals surface area contributed by atoms with Crippen molar-refractivity contribution in [3.8, 4) is 0 Å². The van der Waals surface area contributed by atoms with E-state index in [0.29, 0.717) is 18.2 Å². The Morgan fingerprint density at radius 2 is 2.14 bits per heavy atom. The molecule has 4 unspecified atom stereocenters. The Bertz CT molecular complexity index is 668. The van der Waals surface area contributed by atoms with Crippen molar-refractivity contribution in [3.63, 3.8) is 0 Å². The van der Waals surface area contributed by atoms with Crippen molar-refractivity contribution in [1.82, 2.24) is 15.5 Å². The molecule has 0 aromatic heterocycles. The van der Waals surface area contributed by atoms with E-state index in [1.54, 1.807) is 0 Å². The van der Waals surface area contributed by atoms with E-state index < -0.39 is 0 Å². The summed E-state index contributed by atoms with van der Waals surface area (Å²) in [6.45, 7) is 5.98. The Labute approximate surface area is 190 Å². The fraction of sp³-hybridized carbons (Fsp3) is 0.667. The van der Waals surface area contributed by atoms with Gasteiger partial charge in [-0.2, -0.15) is 0 Å². The lowest BCUT2D eigenvalue weighted by atomic mass is 9.96. The lowest BCUT2D eigenvalue weighted by Crippen LogP contribution is -2.47. The lowest BCUT2D eigenvalue weighted by Gasteiger charge is -2.28. The topological polar surface area (TPSA) is 48.9 Å². The van der Waals surface area contributed by atoms with E-state index in [1.807, 2.05) is 12.1 Å². The first-order valence-corrected chi connectivity index (χ1v) is 10.8. The second-order valence-corrected chi connectivity index (χ2v) is 8.33. The van der Waals surface area contributed by atoms with Gasteiger partial charge in [-0.05, 0) is 69.8 Å². The number of nitrogens with one attached hydrogen (secondary N) is 2. The zero-order valence-corrected chi connectivity index (χ0v) is 19.7. The van der Waals surface area contributed by atoms with Gasteiger partial charge in [-0.25, -0.2) is 0 Å². The third kappa shape index (κ3) is 5.32. The van der Waals surface area contributed by atoms with Crippen LogP contribution in [0.4, 0.5) is 0 Å². The van der Waals surface area contributed by atoms with E-state index in [-0.39, 0.29) is 30.0 Å². The van der Waals surface area contributed by atoms with Gasteiger partial charge in [0.1, 0.15) is 0 Å². The summed E-state index contributed by atoms with van der Waals surface area (Å²) < 4.78 is 5.99. The monoisotopic (exact) mass is 518 g/mol. The van der Waals surface area contributed by atoms with Crippen molar-refractivity contribution < 1.29 is 4.74 Å². The normalized spacial score (nSPS) is 28.2.